The number of furan rings is 1. The highest BCUT2D eigenvalue weighted by atomic mass is 16.3. The summed E-state index contributed by atoms with van der Waals surface area (Å²) in [5, 5.41) is 0. The van der Waals surface area contributed by atoms with E-state index >= 15 is 0 Å². The molecule has 0 saturated heterocycles. The molecule has 5 heteroatoms. The van der Waals surface area contributed by atoms with Gasteiger partial charge in [0.1, 0.15) is 17.9 Å². The van der Waals surface area contributed by atoms with Crippen molar-refractivity contribution in [2.45, 2.75) is 18.8 Å². The average Bonchev–Trinajstić information content (AvgIpc) is 2.81. The van der Waals surface area contributed by atoms with Gasteiger partial charge in [-0.2, -0.15) is 0 Å². The Labute approximate surface area is 97.7 Å². The lowest BCUT2D eigenvalue weighted by Gasteiger charge is -2.21. The van der Waals surface area contributed by atoms with Gasteiger partial charge < -0.3 is 10.2 Å². The molecule has 1 aliphatic rings. The van der Waals surface area contributed by atoms with Crippen LogP contribution in [-0.2, 0) is 6.42 Å². The summed E-state index contributed by atoms with van der Waals surface area (Å²) in [5.74, 6) is 1.14. The quantitative estimate of drug-likeness (QED) is 0.802. The zero-order valence-electron chi connectivity index (χ0n) is 9.09. The van der Waals surface area contributed by atoms with Crippen molar-refractivity contribution in [1.82, 2.24) is 9.97 Å². The van der Waals surface area contributed by atoms with Gasteiger partial charge in [-0.15, -0.1) is 0 Å². The lowest BCUT2D eigenvalue weighted by atomic mass is 9.84. The van der Waals surface area contributed by atoms with Crippen LogP contribution in [-0.4, -0.2) is 15.8 Å². The molecule has 3 rings (SSSR count). The molecule has 2 heterocycles. The number of rotatable bonds is 1. The third-order valence-electron chi connectivity index (χ3n) is 3.05. The maximum atomic E-state index is 12.0. The van der Waals surface area contributed by atoms with E-state index in [0.29, 0.717) is 18.4 Å². The summed E-state index contributed by atoms with van der Waals surface area (Å²) in [7, 11) is 0. The Morgan fingerprint density at radius 1 is 1.35 bits per heavy atom. The fourth-order valence-electron chi connectivity index (χ4n) is 2.25. The molecule has 0 amide bonds. The highest BCUT2D eigenvalue weighted by Crippen LogP contribution is 2.33. The zero-order chi connectivity index (χ0) is 11.8. The minimum Gasteiger partial charge on any atom is -0.469 e. The van der Waals surface area contributed by atoms with E-state index < -0.39 is 0 Å². The van der Waals surface area contributed by atoms with Gasteiger partial charge in [0.15, 0.2) is 5.78 Å². The van der Waals surface area contributed by atoms with Crippen LogP contribution in [0.1, 0.15) is 34.2 Å². The number of hydrogen-bond donors (Lipinski definition) is 1. The van der Waals surface area contributed by atoms with Crippen molar-refractivity contribution in [3.05, 3.63) is 41.7 Å². The second kappa shape index (κ2) is 3.69. The second-order valence-electron chi connectivity index (χ2n) is 4.12. The number of carbonyl (C=O) groups excluding carboxylic acids is 1. The van der Waals surface area contributed by atoms with Crippen LogP contribution in [0.5, 0.6) is 0 Å². The van der Waals surface area contributed by atoms with Gasteiger partial charge in [0, 0.05) is 18.8 Å². The number of nitrogens with two attached hydrogens (primary N) is 1. The molecule has 0 spiro atoms. The van der Waals surface area contributed by atoms with Gasteiger partial charge in [-0.05, 0) is 12.1 Å². The zero-order valence-corrected chi connectivity index (χ0v) is 9.09. The first-order chi connectivity index (χ1) is 8.25. The van der Waals surface area contributed by atoms with Crippen LogP contribution in [0.15, 0.2) is 29.1 Å². The number of ketones is 1. The lowest BCUT2D eigenvalue weighted by Crippen LogP contribution is -2.22. The highest BCUT2D eigenvalue weighted by molar-refractivity contribution is 6.02. The number of aromatic nitrogens is 2. The predicted octanol–water partition coefficient (Wildman–Crippen LogP) is 1.56. The van der Waals surface area contributed by atoms with Crippen molar-refractivity contribution in [2.24, 2.45) is 0 Å². The van der Waals surface area contributed by atoms with Gasteiger partial charge in [-0.25, -0.2) is 9.97 Å². The molecule has 2 aromatic rings. The molecule has 1 aliphatic carbocycles. The summed E-state index contributed by atoms with van der Waals surface area (Å²) in [5.41, 5.74) is 6.90. The average molecular weight is 229 g/mol. The third-order valence-corrected chi connectivity index (χ3v) is 3.05. The van der Waals surface area contributed by atoms with E-state index in [4.69, 9.17) is 10.2 Å². The number of hydrogen-bond acceptors (Lipinski definition) is 5. The smallest absolute Gasteiger partial charge is 0.169 e. The van der Waals surface area contributed by atoms with Crippen molar-refractivity contribution in [2.75, 3.05) is 5.73 Å². The monoisotopic (exact) mass is 229 g/mol. The van der Waals surface area contributed by atoms with Crippen LogP contribution >= 0.6 is 0 Å². The van der Waals surface area contributed by atoms with E-state index in [1.165, 1.54) is 6.33 Å². The topological polar surface area (TPSA) is 82.0 Å². The fraction of sp³-hybridized carbons (Fsp3) is 0.250. The van der Waals surface area contributed by atoms with E-state index in [1.807, 2.05) is 12.1 Å². The normalized spacial score (nSPS) is 19.1. The molecule has 0 aromatic carbocycles. The Kier molecular flexibility index (Phi) is 2.18. The molecular formula is C12H11N3O2. The number of nitrogens with zero attached hydrogens (tertiary/aromatic N) is 2. The Morgan fingerprint density at radius 3 is 3.00 bits per heavy atom. The standard InChI is InChI=1S/C12H11N3O2/c13-12-11-8(14-6-15-12)4-7(5-9(11)16)10-2-1-3-17-10/h1-3,6-7H,4-5H2,(H2,13,14,15)/t7-/m0/s1. The molecule has 1 atom stereocenters. The second-order valence-corrected chi connectivity index (χ2v) is 4.12. The maximum Gasteiger partial charge on any atom is 0.169 e. The maximum absolute atomic E-state index is 12.0. The molecule has 2 N–H and O–H groups in total. The van der Waals surface area contributed by atoms with Crippen molar-refractivity contribution in [1.29, 1.82) is 0 Å². The first-order valence-electron chi connectivity index (χ1n) is 5.41. The van der Waals surface area contributed by atoms with Crippen LogP contribution < -0.4 is 5.73 Å². The van der Waals surface area contributed by atoms with Crippen LogP contribution in [0.4, 0.5) is 5.82 Å². The van der Waals surface area contributed by atoms with Gasteiger partial charge in [0.2, 0.25) is 0 Å². The molecule has 0 saturated carbocycles. The Hall–Kier alpha value is -2.17. The van der Waals surface area contributed by atoms with Crippen LogP contribution in [0.3, 0.4) is 0 Å². The SMILES string of the molecule is Nc1ncnc2c1C(=O)C[C@@H](c1ccco1)C2. The molecule has 0 aliphatic heterocycles. The minimum atomic E-state index is -0.00856. The Morgan fingerprint density at radius 2 is 2.24 bits per heavy atom. The summed E-state index contributed by atoms with van der Waals surface area (Å²) < 4.78 is 5.34. The summed E-state index contributed by atoms with van der Waals surface area (Å²) in [6, 6.07) is 3.71. The van der Waals surface area contributed by atoms with E-state index in [-0.39, 0.29) is 17.5 Å². The lowest BCUT2D eigenvalue weighted by molar-refractivity contribution is 0.0959. The van der Waals surface area contributed by atoms with Gasteiger partial charge in [-0.3, -0.25) is 4.79 Å². The molecule has 0 unspecified atom stereocenters. The van der Waals surface area contributed by atoms with E-state index in [0.717, 1.165) is 11.5 Å². The van der Waals surface area contributed by atoms with Gasteiger partial charge >= 0.3 is 0 Å². The fourth-order valence-corrected chi connectivity index (χ4v) is 2.25. The third kappa shape index (κ3) is 1.60. The van der Waals surface area contributed by atoms with E-state index in [1.54, 1.807) is 6.26 Å². The Bertz CT molecular complexity index is 563. The summed E-state index contributed by atoms with van der Waals surface area (Å²) in [4.78, 5) is 20.0. The van der Waals surface area contributed by atoms with E-state index in [9.17, 15) is 4.79 Å². The molecule has 0 bridgehead atoms. The summed E-state index contributed by atoms with van der Waals surface area (Å²) in [6.07, 6.45) is 4.08. The van der Waals surface area contributed by atoms with Crippen LogP contribution in [0.25, 0.3) is 0 Å². The van der Waals surface area contributed by atoms with Gasteiger partial charge in [0.05, 0.1) is 17.5 Å². The number of nitrogen functional groups attached to an aromatic ring is 1. The number of fused-ring (bicyclic) bond motifs is 1. The molecule has 0 fully saturated rings. The molecule has 5 nitrogen and oxygen atoms in total. The molecule has 2 aromatic heterocycles. The molecular weight excluding hydrogens is 218 g/mol. The molecule has 17 heavy (non-hydrogen) atoms. The van der Waals surface area contributed by atoms with Crippen molar-refractivity contribution in [3.63, 3.8) is 0 Å². The van der Waals surface area contributed by atoms with Crippen molar-refractivity contribution >= 4 is 11.6 Å². The number of Topliss-reactive ketones (excluding diaryl/α,β-unsaturated/α-hetero) is 1. The first-order valence-corrected chi connectivity index (χ1v) is 5.41. The highest BCUT2D eigenvalue weighted by Gasteiger charge is 2.30. The van der Waals surface area contributed by atoms with Gasteiger partial charge in [0.25, 0.3) is 0 Å². The van der Waals surface area contributed by atoms with Gasteiger partial charge in [-0.1, -0.05) is 0 Å². The number of anilines is 1. The van der Waals surface area contributed by atoms with Crippen LogP contribution in [0.2, 0.25) is 0 Å². The first kappa shape index (κ1) is 10.0. The summed E-state index contributed by atoms with van der Waals surface area (Å²) in [6.45, 7) is 0. The number of carbonyl (C=O) groups is 1. The largest absolute Gasteiger partial charge is 0.469 e. The minimum absolute atomic E-state index is 0.00856. The Balaban J connectivity index is 2.02. The van der Waals surface area contributed by atoms with Crippen LogP contribution in [0, 0.1) is 0 Å². The van der Waals surface area contributed by atoms with Crippen molar-refractivity contribution < 1.29 is 9.21 Å². The van der Waals surface area contributed by atoms with E-state index in [2.05, 4.69) is 9.97 Å². The predicted molar refractivity (Wildman–Crippen MR) is 60.5 cm³/mol. The summed E-state index contributed by atoms with van der Waals surface area (Å²) >= 11 is 0. The molecule has 0 radical (unpaired) electrons. The molecule has 86 valence electrons. The van der Waals surface area contributed by atoms with Crippen molar-refractivity contribution in [3.8, 4) is 0 Å².